The monoisotopic (exact) mass is 569 g/mol. The first-order chi connectivity index (χ1) is 21.0. The highest BCUT2D eigenvalue weighted by molar-refractivity contribution is 6.04. The minimum Gasteiger partial charge on any atom is -0.452 e. The second-order valence-electron chi connectivity index (χ2n) is 9.78. The molecule has 0 bridgehead atoms. The van der Waals surface area contributed by atoms with Crippen LogP contribution >= 0.6 is 0 Å². The first-order valence-electron chi connectivity index (χ1n) is 13.8. The smallest absolute Gasteiger partial charge is 0.345 e. The number of fused-ring (bicyclic) bond motifs is 2. The largest absolute Gasteiger partial charge is 0.452 e. The molecule has 0 atom stereocenters. The van der Waals surface area contributed by atoms with E-state index in [1.54, 1.807) is 34.0 Å². The van der Waals surface area contributed by atoms with Gasteiger partial charge in [0.15, 0.2) is 6.61 Å². The van der Waals surface area contributed by atoms with Crippen molar-refractivity contribution < 1.29 is 18.7 Å². The summed E-state index contributed by atoms with van der Waals surface area (Å²) in [5.41, 5.74) is 2.54. The van der Waals surface area contributed by atoms with Crippen molar-refractivity contribution in [1.29, 1.82) is 0 Å². The lowest BCUT2D eigenvalue weighted by atomic mass is 10.1. The molecule has 212 valence electrons. The van der Waals surface area contributed by atoms with Crippen LogP contribution in [0.5, 0.6) is 0 Å². The van der Waals surface area contributed by atoms with Crippen LogP contribution in [0.1, 0.15) is 12.5 Å². The number of ether oxygens (including phenoxy) is 1. The number of aromatic nitrogens is 2. The molecule has 43 heavy (non-hydrogen) atoms. The van der Waals surface area contributed by atoms with Crippen molar-refractivity contribution in [2.75, 3.05) is 18.1 Å². The number of carbonyl (C=O) groups excluding carboxylic acids is 2. The van der Waals surface area contributed by atoms with Gasteiger partial charge in [0.25, 0.3) is 5.91 Å². The number of amides is 1. The van der Waals surface area contributed by atoms with E-state index < -0.39 is 18.2 Å². The lowest BCUT2D eigenvalue weighted by Gasteiger charge is -2.22. The standard InChI is InChI=1S/C35H27N3O5/c1-2-37(30-17-10-13-24-11-6-8-16-28(24)30)32(39)23-42-33(40)20-19-26-22-38(27-14-4-3-5-15-27)36-34(26)29-21-25-12-7-9-18-31(25)43-35(29)41/h3-22H,2,23H2,1H3/b20-19+. The maximum absolute atomic E-state index is 13.1. The van der Waals surface area contributed by atoms with Crippen LogP contribution in [0.15, 0.2) is 125 Å². The van der Waals surface area contributed by atoms with Crippen molar-refractivity contribution in [3.8, 4) is 16.9 Å². The van der Waals surface area contributed by atoms with Crippen molar-refractivity contribution in [3.05, 3.63) is 131 Å². The molecular weight excluding hydrogens is 542 g/mol. The van der Waals surface area contributed by atoms with E-state index in [1.165, 1.54) is 12.2 Å². The topological polar surface area (TPSA) is 94.6 Å². The molecule has 0 aliphatic rings. The van der Waals surface area contributed by atoms with E-state index in [0.29, 0.717) is 23.4 Å². The average Bonchev–Trinajstić information content (AvgIpc) is 3.47. The number of rotatable bonds is 8. The molecule has 0 unspecified atom stereocenters. The highest BCUT2D eigenvalue weighted by Gasteiger charge is 2.19. The number of para-hydroxylation sites is 2. The minimum absolute atomic E-state index is 0.255. The fraction of sp³-hybridized carbons (Fsp3) is 0.0857. The summed E-state index contributed by atoms with van der Waals surface area (Å²) in [5.74, 6) is -1.04. The molecule has 8 nitrogen and oxygen atoms in total. The molecule has 6 rings (SSSR count). The average molecular weight is 570 g/mol. The molecule has 0 radical (unpaired) electrons. The fourth-order valence-electron chi connectivity index (χ4n) is 5.00. The molecule has 8 heteroatoms. The maximum Gasteiger partial charge on any atom is 0.345 e. The normalized spacial score (nSPS) is 11.3. The molecule has 0 saturated heterocycles. The lowest BCUT2D eigenvalue weighted by Crippen LogP contribution is -2.34. The number of hydrogen-bond acceptors (Lipinski definition) is 6. The van der Waals surface area contributed by atoms with Crippen LogP contribution in [0.2, 0.25) is 0 Å². The highest BCUT2D eigenvalue weighted by atomic mass is 16.5. The van der Waals surface area contributed by atoms with Crippen molar-refractivity contribution >= 4 is 45.4 Å². The van der Waals surface area contributed by atoms with Gasteiger partial charge in [-0.15, -0.1) is 0 Å². The van der Waals surface area contributed by atoms with Crippen LogP contribution in [0.3, 0.4) is 0 Å². The van der Waals surface area contributed by atoms with Crippen LogP contribution in [0.4, 0.5) is 5.69 Å². The van der Waals surface area contributed by atoms with Gasteiger partial charge in [-0.3, -0.25) is 4.79 Å². The molecule has 0 spiro atoms. The number of nitrogens with zero attached hydrogens (tertiary/aromatic N) is 3. The first-order valence-corrected chi connectivity index (χ1v) is 13.8. The van der Waals surface area contributed by atoms with E-state index in [-0.39, 0.29) is 11.5 Å². The number of carbonyl (C=O) groups is 2. The van der Waals surface area contributed by atoms with Gasteiger partial charge < -0.3 is 14.1 Å². The van der Waals surface area contributed by atoms with Gasteiger partial charge in [0.1, 0.15) is 11.3 Å². The SMILES string of the molecule is CCN(C(=O)COC(=O)/C=C/c1cn(-c2ccccc2)nc1-c1cc2ccccc2oc1=O)c1cccc2ccccc12. The molecule has 0 aliphatic carbocycles. The Labute approximate surface area is 247 Å². The van der Waals surface area contributed by atoms with E-state index in [4.69, 9.17) is 9.15 Å². The summed E-state index contributed by atoms with van der Waals surface area (Å²) in [4.78, 5) is 40.4. The van der Waals surface area contributed by atoms with Crippen LogP contribution in [0, 0.1) is 0 Å². The van der Waals surface area contributed by atoms with Gasteiger partial charge in [0.05, 0.1) is 16.9 Å². The van der Waals surface area contributed by atoms with Gasteiger partial charge in [0.2, 0.25) is 0 Å². The summed E-state index contributed by atoms with van der Waals surface area (Å²) < 4.78 is 12.5. The van der Waals surface area contributed by atoms with E-state index in [2.05, 4.69) is 5.10 Å². The molecule has 2 heterocycles. The van der Waals surface area contributed by atoms with Gasteiger partial charge >= 0.3 is 11.6 Å². The summed E-state index contributed by atoms with van der Waals surface area (Å²) in [5, 5.41) is 7.35. The lowest BCUT2D eigenvalue weighted by molar-refractivity contribution is -0.142. The summed E-state index contributed by atoms with van der Waals surface area (Å²) in [6.45, 7) is 1.86. The second kappa shape index (κ2) is 12.0. The molecule has 0 fully saturated rings. The summed E-state index contributed by atoms with van der Waals surface area (Å²) in [6, 6.07) is 31.9. The summed E-state index contributed by atoms with van der Waals surface area (Å²) >= 11 is 0. The third kappa shape index (κ3) is 5.71. The fourth-order valence-corrected chi connectivity index (χ4v) is 5.00. The van der Waals surface area contributed by atoms with Crippen molar-refractivity contribution in [2.45, 2.75) is 6.92 Å². The quantitative estimate of drug-likeness (QED) is 0.119. The summed E-state index contributed by atoms with van der Waals surface area (Å²) in [7, 11) is 0. The Balaban J connectivity index is 1.25. The zero-order valence-electron chi connectivity index (χ0n) is 23.3. The molecule has 6 aromatic rings. The van der Waals surface area contributed by atoms with E-state index in [0.717, 1.165) is 27.5 Å². The van der Waals surface area contributed by atoms with Crippen LogP contribution in [0.25, 0.3) is 44.8 Å². The predicted octanol–water partition coefficient (Wildman–Crippen LogP) is 6.41. The Bertz CT molecular complexity index is 2040. The van der Waals surface area contributed by atoms with Crippen LogP contribution in [-0.4, -0.2) is 34.8 Å². The van der Waals surface area contributed by atoms with Gasteiger partial charge in [-0.05, 0) is 48.7 Å². The zero-order chi connectivity index (χ0) is 29.8. The molecule has 4 aromatic carbocycles. The maximum atomic E-state index is 13.1. The number of hydrogen-bond donors (Lipinski definition) is 0. The van der Waals surface area contributed by atoms with Crippen LogP contribution in [-0.2, 0) is 14.3 Å². The third-order valence-electron chi connectivity index (χ3n) is 7.07. The second-order valence-corrected chi connectivity index (χ2v) is 9.78. The first kappa shape index (κ1) is 27.4. The van der Waals surface area contributed by atoms with Gasteiger partial charge in [-0.25, -0.2) is 14.3 Å². The number of anilines is 1. The van der Waals surface area contributed by atoms with Crippen LogP contribution < -0.4 is 10.5 Å². The highest BCUT2D eigenvalue weighted by Crippen LogP contribution is 2.27. The van der Waals surface area contributed by atoms with Gasteiger partial charge in [0, 0.05) is 35.2 Å². The van der Waals surface area contributed by atoms with E-state index in [1.807, 2.05) is 91.9 Å². The Kier molecular flexibility index (Phi) is 7.65. The Morgan fingerprint density at radius 2 is 1.63 bits per heavy atom. The molecular formula is C35H27N3O5. The van der Waals surface area contributed by atoms with Gasteiger partial charge in [-0.2, -0.15) is 5.10 Å². The number of likely N-dealkylation sites (N-methyl/N-ethyl adjacent to an activating group) is 1. The van der Waals surface area contributed by atoms with Crippen molar-refractivity contribution in [3.63, 3.8) is 0 Å². The number of benzene rings is 4. The minimum atomic E-state index is -0.703. The molecule has 1 amide bonds. The Hall–Kier alpha value is -5.76. The van der Waals surface area contributed by atoms with E-state index in [9.17, 15) is 14.4 Å². The third-order valence-corrected chi connectivity index (χ3v) is 7.07. The van der Waals surface area contributed by atoms with Gasteiger partial charge in [-0.1, -0.05) is 72.8 Å². The molecule has 0 aliphatic heterocycles. The predicted molar refractivity (Wildman–Crippen MR) is 167 cm³/mol. The summed E-state index contributed by atoms with van der Waals surface area (Å²) in [6.07, 6.45) is 4.46. The Morgan fingerprint density at radius 1 is 0.907 bits per heavy atom. The molecule has 0 saturated carbocycles. The number of esters is 1. The molecule has 2 aromatic heterocycles. The Morgan fingerprint density at radius 3 is 2.44 bits per heavy atom. The molecule has 0 N–H and O–H groups in total. The van der Waals surface area contributed by atoms with Crippen molar-refractivity contribution in [1.82, 2.24) is 9.78 Å². The van der Waals surface area contributed by atoms with Crippen molar-refractivity contribution in [2.24, 2.45) is 0 Å². The zero-order valence-corrected chi connectivity index (χ0v) is 23.3. The van der Waals surface area contributed by atoms with E-state index >= 15 is 0 Å².